The molecule has 146 valence electrons. The zero-order valence-electron chi connectivity index (χ0n) is 16.8. The highest BCUT2D eigenvalue weighted by molar-refractivity contribution is 7.91. The quantitative estimate of drug-likeness (QED) is 0.807. The summed E-state index contributed by atoms with van der Waals surface area (Å²) in [6, 6.07) is 4.68. The van der Waals surface area contributed by atoms with Crippen LogP contribution in [0.2, 0.25) is 0 Å². The molecule has 2 aliphatic heterocycles. The second-order valence-corrected chi connectivity index (χ2v) is 10.5. The average molecular weight is 379 g/mol. The minimum atomic E-state index is -3.21. The van der Waals surface area contributed by atoms with E-state index in [0.717, 1.165) is 42.6 Å². The van der Waals surface area contributed by atoms with Crippen molar-refractivity contribution in [2.24, 2.45) is 5.92 Å². The highest BCUT2D eigenvalue weighted by Gasteiger charge is 2.30. The molecule has 0 unspecified atom stereocenters. The third-order valence-electron chi connectivity index (χ3n) is 6.22. The van der Waals surface area contributed by atoms with Crippen LogP contribution in [0.3, 0.4) is 0 Å². The molecule has 0 atom stereocenters. The molecule has 0 bridgehead atoms. The maximum Gasteiger partial charge on any atom is 0.179 e. The predicted octanol–water partition coefficient (Wildman–Crippen LogP) is 3.19. The summed E-state index contributed by atoms with van der Waals surface area (Å²) < 4.78 is 26.1. The maximum absolute atomic E-state index is 13.1. The van der Waals surface area contributed by atoms with Crippen molar-refractivity contribution in [2.75, 3.05) is 39.0 Å². The first kappa shape index (κ1) is 19.8. The van der Waals surface area contributed by atoms with Gasteiger partial charge in [-0.15, -0.1) is 0 Å². The van der Waals surface area contributed by atoms with Crippen LogP contribution in [0.5, 0.6) is 0 Å². The predicted molar refractivity (Wildman–Crippen MR) is 108 cm³/mol. The van der Waals surface area contributed by atoms with Crippen LogP contribution in [0.1, 0.15) is 42.4 Å². The largest absolute Gasteiger partial charge is 0.306 e. The van der Waals surface area contributed by atoms with Gasteiger partial charge in [0.25, 0.3) is 0 Å². The second-order valence-electron chi connectivity index (χ2n) is 8.52. The Bertz CT molecular complexity index is 705. The van der Waals surface area contributed by atoms with Crippen molar-refractivity contribution in [2.45, 2.75) is 57.4 Å². The lowest BCUT2D eigenvalue weighted by Gasteiger charge is -2.41. The number of hydrogen-bond donors (Lipinski definition) is 0. The van der Waals surface area contributed by atoms with Gasteiger partial charge in [-0.3, -0.25) is 0 Å². The molecule has 0 radical (unpaired) electrons. The number of nitrogens with zero attached hydrogens (tertiary/aromatic N) is 2. The van der Waals surface area contributed by atoms with Gasteiger partial charge in [0.2, 0.25) is 0 Å². The van der Waals surface area contributed by atoms with Crippen LogP contribution in [0.4, 0.5) is 0 Å². The fourth-order valence-electron chi connectivity index (χ4n) is 4.90. The number of benzene rings is 1. The molecule has 2 aliphatic rings. The first-order valence-corrected chi connectivity index (χ1v) is 11.6. The smallest absolute Gasteiger partial charge is 0.179 e. The number of sulfone groups is 1. The first-order valence-electron chi connectivity index (χ1n) is 9.99. The molecule has 3 rings (SSSR count). The average Bonchev–Trinajstić information content (AvgIpc) is 2.54. The van der Waals surface area contributed by atoms with Crippen LogP contribution in [0.15, 0.2) is 17.0 Å². The van der Waals surface area contributed by atoms with Crippen LogP contribution >= 0.6 is 0 Å². The lowest BCUT2D eigenvalue weighted by atomic mass is 9.95. The zero-order valence-corrected chi connectivity index (χ0v) is 17.6. The van der Waals surface area contributed by atoms with Gasteiger partial charge in [0.1, 0.15) is 0 Å². The highest BCUT2D eigenvalue weighted by Crippen LogP contribution is 2.29. The standard InChI is InChI=1S/C21H34N2O2S/c1-16-13-17(2)21(18(3)14-16)26(24,25)15-19-5-11-23(12-6-19)20-7-9-22(4)10-8-20/h13-14,19-20H,5-12,15H2,1-4H3. The third kappa shape index (κ3) is 4.49. The molecular formula is C21H34N2O2S. The van der Waals surface area contributed by atoms with Crippen LogP contribution in [-0.4, -0.2) is 63.2 Å². The topological polar surface area (TPSA) is 40.6 Å². The van der Waals surface area contributed by atoms with Gasteiger partial charge in [-0.2, -0.15) is 0 Å². The monoisotopic (exact) mass is 378 g/mol. The molecule has 0 N–H and O–H groups in total. The second kappa shape index (κ2) is 7.99. The normalized spacial score (nSPS) is 22.0. The molecule has 2 fully saturated rings. The van der Waals surface area contributed by atoms with Crippen molar-refractivity contribution in [3.05, 3.63) is 28.8 Å². The first-order chi connectivity index (χ1) is 12.3. The molecule has 0 aliphatic carbocycles. The van der Waals surface area contributed by atoms with E-state index in [-0.39, 0.29) is 0 Å². The molecular weight excluding hydrogens is 344 g/mol. The lowest BCUT2D eigenvalue weighted by Crippen LogP contribution is -2.47. The SMILES string of the molecule is Cc1cc(C)c(S(=O)(=O)CC2CCN(C3CCN(C)CC3)CC2)c(C)c1. The van der Waals surface area contributed by atoms with Gasteiger partial charge in [0, 0.05) is 6.04 Å². The van der Waals surface area contributed by atoms with E-state index in [1.807, 2.05) is 32.9 Å². The Balaban J connectivity index is 1.60. The van der Waals surface area contributed by atoms with Crippen LogP contribution in [0, 0.1) is 26.7 Å². The summed E-state index contributed by atoms with van der Waals surface area (Å²) in [7, 11) is -1.02. The van der Waals surface area contributed by atoms with Gasteiger partial charge < -0.3 is 9.80 Å². The summed E-state index contributed by atoms with van der Waals surface area (Å²) >= 11 is 0. The number of rotatable bonds is 4. The maximum atomic E-state index is 13.1. The van der Waals surface area contributed by atoms with E-state index in [0.29, 0.717) is 22.6 Å². The number of hydrogen-bond acceptors (Lipinski definition) is 4. The Labute approximate surface area is 159 Å². The Morgan fingerprint density at radius 3 is 2.00 bits per heavy atom. The van der Waals surface area contributed by atoms with E-state index in [9.17, 15) is 8.42 Å². The van der Waals surface area contributed by atoms with Crippen molar-refractivity contribution in [1.29, 1.82) is 0 Å². The Kier molecular flexibility index (Phi) is 6.10. The van der Waals surface area contributed by atoms with Crippen molar-refractivity contribution >= 4 is 9.84 Å². The van der Waals surface area contributed by atoms with Gasteiger partial charge in [0.15, 0.2) is 9.84 Å². The van der Waals surface area contributed by atoms with Crippen LogP contribution < -0.4 is 0 Å². The van der Waals surface area contributed by atoms with Gasteiger partial charge in [0.05, 0.1) is 10.6 Å². The molecule has 0 amide bonds. The van der Waals surface area contributed by atoms with E-state index in [1.165, 1.54) is 25.9 Å². The molecule has 2 saturated heterocycles. The zero-order chi connectivity index (χ0) is 18.9. The van der Waals surface area contributed by atoms with Crippen molar-refractivity contribution in [3.63, 3.8) is 0 Å². The molecule has 0 spiro atoms. The van der Waals surface area contributed by atoms with Crippen molar-refractivity contribution in [3.8, 4) is 0 Å². The molecule has 26 heavy (non-hydrogen) atoms. The van der Waals surface area contributed by atoms with Gasteiger partial charge in [-0.1, -0.05) is 17.7 Å². The van der Waals surface area contributed by atoms with E-state index >= 15 is 0 Å². The summed E-state index contributed by atoms with van der Waals surface area (Å²) in [6.45, 7) is 10.4. The molecule has 1 aromatic carbocycles. The van der Waals surface area contributed by atoms with Crippen LogP contribution in [0.25, 0.3) is 0 Å². The minimum absolute atomic E-state index is 0.294. The van der Waals surface area contributed by atoms with E-state index in [2.05, 4.69) is 16.8 Å². The number of piperidine rings is 2. The van der Waals surface area contributed by atoms with Gasteiger partial charge in [-0.25, -0.2) is 8.42 Å². The molecule has 4 nitrogen and oxygen atoms in total. The third-order valence-corrected chi connectivity index (χ3v) is 8.40. The number of likely N-dealkylation sites (tertiary alicyclic amines) is 2. The molecule has 0 aromatic heterocycles. The highest BCUT2D eigenvalue weighted by atomic mass is 32.2. The van der Waals surface area contributed by atoms with Crippen molar-refractivity contribution < 1.29 is 8.42 Å². The fraction of sp³-hybridized carbons (Fsp3) is 0.714. The summed E-state index contributed by atoms with van der Waals surface area (Å²) in [6.07, 6.45) is 4.52. The van der Waals surface area contributed by atoms with Gasteiger partial charge >= 0.3 is 0 Å². The summed E-state index contributed by atoms with van der Waals surface area (Å²) in [5.41, 5.74) is 2.92. The Hall–Kier alpha value is -0.910. The van der Waals surface area contributed by atoms with E-state index < -0.39 is 9.84 Å². The molecule has 0 saturated carbocycles. The van der Waals surface area contributed by atoms with Gasteiger partial charge in [-0.05, 0) is 96.7 Å². The Morgan fingerprint density at radius 2 is 1.46 bits per heavy atom. The number of aryl methyl sites for hydroxylation is 3. The van der Waals surface area contributed by atoms with Crippen molar-refractivity contribution in [1.82, 2.24) is 9.80 Å². The molecule has 1 aromatic rings. The van der Waals surface area contributed by atoms with E-state index in [4.69, 9.17) is 0 Å². The minimum Gasteiger partial charge on any atom is -0.306 e. The van der Waals surface area contributed by atoms with E-state index in [1.54, 1.807) is 0 Å². The fourth-order valence-corrected chi connectivity index (χ4v) is 7.12. The van der Waals surface area contributed by atoms with Crippen LogP contribution in [-0.2, 0) is 9.84 Å². The molecule has 2 heterocycles. The summed E-state index contributed by atoms with van der Waals surface area (Å²) in [5, 5.41) is 0. The Morgan fingerprint density at radius 1 is 0.923 bits per heavy atom. The molecule has 5 heteroatoms. The summed E-state index contributed by atoms with van der Waals surface area (Å²) in [4.78, 5) is 5.58. The summed E-state index contributed by atoms with van der Waals surface area (Å²) in [5.74, 6) is 0.599. The lowest BCUT2D eigenvalue weighted by molar-refractivity contribution is 0.0891.